The smallest absolute Gasteiger partial charge is 0.346 e. The predicted octanol–water partition coefficient (Wildman–Crippen LogP) is 0.844. The van der Waals surface area contributed by atoms with Crippen LogP contribution in [0.4, 0.5) is 0 Å². The number of hydrogen-bond acceptors (Lipinski definition) is 4. The molecule has 0 aromatic rings. The van der Waals surface area contributed by atoms with Gasteiger partial charge in [0.05, 0.1) is 7.11 Å². The summed E-state index contributed by atoms with van der Waals surface area (Å²) >= 11 is 5.33. The SMILES string of the molecule is C=C(C(=O)OC)C(=O)OC(C)Cl. The highest BCUT2D eigenvalue weighted by Gasteiger charge is 2.18. The van der Waals surface area contributed by atoms with Gasteiger partial charge in [0.2, 0.25) is 0 Å². The molecule has 12 heavy (non-hydrogen) atoms. The Balaban J connectivity index is 4.12. The Morgan fingerprint density at radius 3 is 2.25 bits per heavy atom. The van der Waals surface area contributed by atoms with Crippen LogP contribution in [0.1, 0.15) is 6.92 Å². The summed E-state index contributed by atoms with van der Waals surface area (Å²) in [5.41, 5.74) is -1.16. The molecular weight excluding hydrogens is 184 g/mol. The summed E-state index contributed by atoms with van der Waals surface area (Å²) in [4.78, 5) is 21.5. The number of alkyl halides is 1. The number of methoxy groups -OCH3 is 1. The molecule has 0 aromatic carbocycles. The van der Waals surface area contributed by atoms with Crippen LogP contribution < -0.4 is 0 Å². The normalized spacial score (nSPS) is 11.6. The van der Waals surface area contributed by atoms with Crippen LogP contribution in [0.2, 0.25) is 0 Å². The van der Waals surface area contributed by atoms with Gasteiger partial charge in [-0.05, 0) is 6.92 Å². The van der Waals surface area contributed by atoms with Crippen LogP contribution in [0, 0.1) is 0 Å². The van der Waals surface area contributed by atoms with E-state index >= 15 is 0 Å². The van der Waals surface area contributed by atoms with Crippen LogP contribution in [0.25, 0.3) is 0 Å². The highest BCUT2D eigenvalue weighted by molar-refractivity contribution is 6.21. The first-order valence-corrected chi connectivity index (χ1v) is 3.55. The molecule has 1 atom stereocenters. The Morgan fingerprint density at radius 2 is 1.92 bits per heavy atom. The molecule has 68 valence electrons. The zero-order valence-corrected chi connectivity index (χ0v) is 7.55. The number of hydrogen-bond donors (Lipinski definition) is 0. The minimum absolute atomic E-state index is 0.370. The van der Waals surface area contributed by atoms with Gasteiger partial charge in [-0.3, -0.25) is 0 Å². The zero-order valence-electron chi connectivity index (χ0n) is 6.80. The standard InChI is InChI=1S/C7H9ClO4/c1-4(6(9)11-3)7(10)12-5(2)8/h5H,1H2,2-3H3. The van der Waals surface area contributed by atoms with E-state index in [0.29, 0.717) is 0 Å². The van der Waals surface area contributed by atoms with Gasteiger partial charge in [0.1, 0.15) is 5.57 Å². The Hall–Kier alpha value is -1.03. The number of rotatable bonds is 3. The van der Waals surface area contributed by atoms with E-state index in [2.05, 4.69) is 16.1 Å². The number of esters is 2. The first-order valence-electron chi connectivity index (χ1n) is 3.11. The third kappa shape index (κ3) is 3.39. The molecule has 0 fully saturated rings. The summed E-state index contributed by atoms with van der Waals surface area (Å²) in [5.74, 6) is -1.69. The van der Waals surface area contributed by atoms with Crippen molar-refractivity contribution in [3.63, 3.8) is 0 Å². The topological polar surface area (TPSA) is 52.6 Å². The van der Waals surface area contributed by atoms with E-state index in [1.165, 1.54) is 6.92 Å². The average molecular weight is 193 g/mol. The molecule has 0 saturated carbocycles. The lowest BCUT2D eigenvalue weighted by molar-refractivity contribution is -0.146. The maximum atomic E-state index is 10.8. The van der Waals surface area contributed by atoms with Gasteiger partial charge in [-0.2, -0.15) is 0 Å². The summed E-state index contributed by atoms with van der Waals surface area (Å²) in [6.45, 7) is 4.62. The molecule has 0 saturated heterocycles. The van der Waals surface area contributed by atoms with Gasteiger partial charge in [0, 0.05) is 0 Å². The van der Waals surface area contributed by atoms with Crippen molar-refractivity contribution in [3.8, 4) is 0 Å². The number of carbonyl (C=O) groups excluding carboxylic acids is 2. The van der Waals surface area contributed by atoms with Crippen molar-refractivity contribution in [1.29, 1.82) is 0 Å². The highest BCUT2D eigenvalue weighted by atomic mass is 35.5. The second-order valence-corrected chi connectivity index (χ2v) is 2.53. The van der Waals surface area contributed by atoms with Crippen molar-refractivity contribution < 1.29 is 19.1 Å². The molecule has 1 unspecified atom stereocenters. The van der Waals surface area contributed by atoms with Crippen molar-refractivity contribution in [2.45, 2.75) is 12.5 Å². The maximum absolute atomic E-state index is 10.8. The Labute approximate surface area is 75.1 Å². The first kappa shape index (κ1) is 11.0. The Morgan fingerprint density at radius 1 is 1.42 bits per heavy atom. The van der Waals surface area contributed by atoms with E-state index in [-0.39, 0.29) is 5.57 Å². The van der Waals surface area contributed by atoms with Crippen LogP contribution in [-0.2, 0) is 19.1 Å². The Bertz CT molecular complexity index is 209. The second-order valence-electron chi connectivity index (χ2n) is 1.92. The van der Waals surface area contributed by atoms with E-state index in [9.17, 15) is 9.59 Å². The fourth-order valence-corrected chi connectivity index (χ4v) is 0.506. The van der Waals surface area contributed by atoms with Crippen LogP contribution in [-0.4, -0.2) is 24.6 Å². The van der Waals surface area contributed by atoms with Crippen molar-refractivity contribution >= 4 is 23.5 Å². The van der Waals surface area contributed by atoms with Crippen molar-refractivity contribution in [2.75, 3.05) is 7.11 Å². The van der Waals surface area contributed by atoms with Crippen molar-refractivity contribution in [1.82, 2.24) is 0 Å². The maximum Gasteiger partial charge on any atom is 0.346 e. The summed E-state index contributed by atoms with van der Waals surface area (Å²) in [6, 6.07) is 0. The van der Waals surface area contributed by atoms with Gasteiger partial charge >= 0.3 is 11.9 Å². The van der Waals surface area contributed by atoms with E-state index in [1.807, 2.05) is 0 Å². The van der Waals surface area contributed by atoms with E-state index in [0.717, 1.165) is 7.11 Å². The van der Waals surface area contributed by atoms with Crippen molar-refractivity contribution in [3.05, 3.63) is 12.2 Å². The molecule has 4 nitrogen and oxygen atoms in total. The average Bonchev–Trinajstić information content (AvgIpc) is 2.00. The molecule has 0 aliphatic heterocycles. The number of ether oxygens (including phenoxy) is 2. The third-order valence-electron chi connectivity index (χ3n) is 0.948. The minimum Gasteiger partial charge on any atom is -0.465 e. The fourth-order valence-electron chi connectivity index (χ4n) is 0.425. The van der Waals surface area contributed by atoms with Crippen molar-refractivity contribution in [2.24, 2.45) is 0 Å². The molecular formula is C7H9ClO4. The van der Waals surface area contributed by atoms with Gasteiger partial charge in [-0.15, -0.1) is 0 Å². The molecule has 0 aromatic heterocycles. The van der Waals surface area contributed by atoms with Gasteiger partial charge in [0.25, 0.3) is 0 Å². The summed E-state index contributed by atoms with van der Waals surface area (Å²) in [7, 11) is 1.14. The highest BCUT2D eigenvalue weighted by Crippen LogP contribution is 2.03. The van der Waals surface area contributed by atoms with Gasteiger partial charge in [-0.1, -0.05) is 18.2 Å². The van der Waals surface area contributed by atoms with Gasteiger partial charge in [0.15, 0.2) is 5.56 Å². The lowest BCUT2D eigenvalue weighted by atomic mass is 10.3. The van der Waals surface area contributed by atoms with Crippen LogP contribution >= 0.6 is 11.6 Å². The van der Waals surface area contributed by atoms with Crippen LogP contribution in [0.15, 0.2) is 12.2 Å². The van der Waals surface area contributed by atoms with Gasteiger partial charge in [-0.25, -0.2) is 9.59 Å². The molecule has 0 spiro atoms. The number of halogens is 1. The summed E-state index contributed by atoms with van der Waals surface area (Å²) < 4.78 is 8.69. The molecule has 0 amide bonds. The lowest BCUT2D eigenvalue weighted by Crippen LogP contribution is -2.18. The molecule has 0 aliphatic carbocycles. The Kier molecular flexibility index (Phi) is 4.36. The van der Waals surface area contributed by atoms with Crippen LogP contribution in [0.5, 0.6) is 0 Å². The van der Waals surface area contributed by atoms with E-state index < -0.39 is 17.5 Å². The van der Waals surface area contributed by atoms with E-state index in [1.54, 1.807) is 0 Å². The molecule has 5 heteroatoms. The zero-order chi connectivity index (χ0) is 9.72. The lowest BCUT2D eigenvalue weighted by Gasteiger charge is -2.06. The summed E-state index contributed by atoms with van der Waals surface area (Å²) in [5, 5.41) is 0. The second kappa shape index (κ2) is 4.77. The molecule has 0 heterocycles. The van der Waals surface area contributed by atoms with Crippen LogP contribution in [0.3, 0.4) is 0 Å². The molecule has 0 aliphatic rings. The third-order valence-corrected chi connectivity index (χ3v) is 1.04. The molecule has 0 bridgehead atoms. The molecule has 0 rings (SSSR count). The quantitative estimate of drug-likeness (QED) is 0.219. The monoisotopic (exact) mass is 192 g/mol. The minimum atomic E-state index is -0.871. The first-order chi connectivity index (χ1) is 5.49. The summed E-state index contributed by atoms with van der Waals surface area (Å²) in [6.07, 6.45) is 0. The van der Waals surface area contributed by atoms with Gasteiger partial charge < -0.3 is 9.47 Å². The number of carbonyl (C=O) groups is 2. The molecule has 0 N–H and O–H groups in total. The molecule has 0 radical (unpaired) electrons. The predicted molar refractivity (Wildman–Crippen MR) is 42.6 cm³/mol. The largest absolute Gasteiger partial charge is 0.465 e. The van der Waals surface area contributed by atoms with E-state index in [4.69, 9.17) is 11.6 Å². The fraction of sp³-hybridized carbons (Fsp3) is 0.429.